The number of nitrogens with zero attached hydrogens (tertiary/aromatic N) is 2. The van der Waals surface area contributed by atoms with Gasteiger partial charge in [-0.2, -0.15) is 0 Å². The molecule has 0 aliphatic carbocycles. The Morgan fingerprint density at radius 2 is 2.00 bits per heavy atom. The van der Waals surface area contributed by atoms with Crippen LogP contribution in [0.3, 0.4) is 0 Å². The van der Waals surface area contributed by atoms with Crippen LogP contribution in [0.25, 0.3) is 0 Å². The quantitative estimate of drug-likeness (QED) is 0.623. The Balaban J connectivity index is 2.30. The molecular formula is C8H7AsN2. The summed E-state index contributed by atoms with van der Waals surface area (Å²) in [5.41, 5.74) is 1.15. The first-order valence-corrected chi connectivity index (χ1v) is 5.53. The van der Waals surface area contributed by atoms with Gasteiger partial charge in [0.2, 0.25) is 0 Å². The molecule has 1 aromatic rings. The Morgan fingerprint density at radius 3 is 2.64 bits per heavy atom. The summed E-state index contributed by atoms with van der Waals surface area (Å²) in [6, 6.07) is 10.2. The predicted octanol–water partition coefficient (Wildman–Crippen LogP) is 0.914. The van der Waals surface area contributed by atoms with E-state index in [1.54, 1.807) is 0 Å². The average molecular weight is 206 g/mol. The van der Waals surface area contributed by atoms with Gasteiger partial charge in [-0.15, -0.1) is 0 Å². The van der Waals surface area contributed by atoms with Crippen molar-refractivity contribution in [1.29, 1.82) is 0 Å². The topological polar surface area (TPSA) is 15.6 Å². The molecule has 0 bridgehead atoms. The van der Waals surface area contributed by atoms with Gasteiger partial charge in [0.25, 0.3) is 0 Å². The van der Waals surface area contributed by atoms with Crippen molar-refractivity contribution in [2.45, 2.75) is 0 Å². The fraction of sp³-hybridized carbons (Fsp3) is 0. The molecule has 0 unspecified atom stereocenters. The normalized spacial score (nSPS) is 15.8. The van der Waals surface area contributed by atoms with Crippen LogP contribution in [0.1, 0.15) is 0 Å². The van der Waals surface area contributed by atoms with Crippen LogP contribution >= 0.6 is 0 Å². The van der Waals surface area contributed by atoms with Crippen molar-refractivity contribution >= 4 is 30.9 Å². The van der Waals surface area contributed by atoms with Gasteiger partial charge in [-0.05, 0) is 0 Å². The van der Waals surface area contributed by atoms with Crippen LogP contribution in [-0.2, 0) is 0 Å². The fourth-order valence-electron chi connectivity index (χ4n) is 0.922. The zero-order valence-electron chi connectivity index (χ0n) is 5.88. The van der Waals surface area contributed by atoms with E-state index < -0.39 is 0 Å². The van der Waals surface area contributed by atoms with Gasteiger partial charge in [-0.1, -0.05) is 0 Å². The van der Waals surface area contributed by atoms with Crippen LogP contribution in [0.4, 0.5) is 5.69 Å². The molecule has 0 aromatic heterocycles. The third kappa shape index (κ3) is 1.41. The summed E-state index contributed by atoms with van der Waals surface area (Å²) in [5.74, 6) is 0. The van der Waals surface area contributed by atoms with Crippen molar-refractivity contribution in [3.63, 3.8) is 0 Å². The van der Waals surface area contributed by atoms with Crippen LogP contribution in [0.2, 0.25) is 0 Å². The molecule has 1 aliphatic rings. The molecule has 1 aliphatic heterocycles. The van der Waals surface area contributed by atoms with E-state index in [1.165, 1.54) is 0 Å². The molecule has 0 fully saturated rings. The van der Waals surface area contributed by atoms with E-state index in [1.807, 2.05) is 28.2 Å². The number of rotatable bonds is 1. The van der Waals surface area contributed by atoms with E-state index in [2.05, 4.69) is 22.2 Å². The molecule has 0 amide bonds. The van der Waals surface area contributed by atoms with Gasteiger partial charge < -0.3 is 0 Å². The molecule has 0 saturated carbocycles. The van der Waals surface area contributed by atoms with Gasteiger partial charge in [0.15, 0.2) is 0 Å². The van der Waals surface area contributed by atoms with Crippen LogP contribution in [-0.4, -0.2) is 25.2 Å². The summed E-state index contributed by atoms with van der Waals surface area (Å²) in [4.78, 5) is 2.14. The second kappa shape index (κ2) is 3.02. The SMILES string of the molecule is C1=NN(c2ccccc2)C=[As]1. The van der Waals surface area contributed by atoms with E-state index in [4.69, 9.17) is 0 Å². The minimum atomic E-state index is 0.212. The second-order valence-electron chi connectivity index (χ2n) is 2.18. The summed E-state index contributed by atoms with van der Waals surface area (Å²) >= 11 is 0.212. The van der Waals surface area contributed by atoms with Crippen molar-refractivity contribution in [3.05, 3.63) is 30.3 Å². The molecule has 0 radical (unpaired) electrons. The number of benzene rings is 1. The van der Waals surface area contributed by atoms with Crippen molar-refractivity contribution in [2.75, 3.05) is 5.01 Å². The number of anilines is 1. The van der Waals surface area contributed by atoms with Crippen LogP contribution < -0.4 is 5.01 Å². The van der Waals surface area contributed by atoms with Crippen LogP contribution in [0, 0.1) is 0 Å². The molecule has 0 spiro atoms. The molecule has 1 aromatic carbocycles. The zero-order valence-corrected chi connectivity index (χ0v) is 7.76. The van der Waals surface area contributed by atoms with E-state index in [9.17, 15) is 0 Å². The fourth-order valence-corrected chi connectivity index (χ4v) is 2.08. The number of para-hydroxylation sites is 1. The molecule has 54 valence electrons. The van der Waals surface area contributed by atoms with Gasteiger partial charge in [0, 0.05) is 0 Å². The van der Waals surface area contributed by atoms with E-state index in [-0.39, 0.29) is 15.3 Å². The Bertz CT molecular complexity index is 280. The molecule has 0 N–H and O–H groups in total. The maximum atomic E-state index is 4.20. The molecule has 11 heavy (non-hydrogen) atoms. The van der Waals surface area contributed by atoms with Gasteiger partial charge in [-0.25, -0.2) is 0 Å². The van der Waals surface area contributed by atoms with Gasteiger partial charge >= 0.3 is 71.4 Å². The van der Waals surface area contributed by atoms with E-state index in [0.717, 1.165) is 5.69 Å². The van der Waals surface area contributed by atoms with Crippen molar-refractivity contribution in [2.24, 2.45) is 5.10 Å². The number of hydrogen-bond donors (Lipinski definition) is 0. The Kier molecular flexibility index (Phi) is 1.87. The summed E-state index contributed by atoms with van der Waals surface area (Å²) in [7, 11) is 0. The maximum absolute atomic E-state index is 4.20. The van der Waals surface area contributed by atoms with E-state index in [0.29, 0.717) is 0 Å². The number of hydrazone groups is 1. The Morgan fingerprint density at radius 1 is 1.18 bits per heavy atom. The average Bonchev–Trinajstić information content (AvgIpc) is 2.58. The van der Waals surface area contributed by atoms with Crippen LogP contribution in [0.5, 0.6) is 0 Å². The molecule has 2 rings (SSSR count). The summed E-state index contributed by atoms with van der Waals surface area (Å²) in [6.45, 7) is 0. The monoisotopic (exact) mass is 206 g/mol. The first-order chi connectivity index (χ1) is 5.47. The molecule has 2 nitrogen and oxygen atoms in total. The van der Waals surface area contributed by atoms with Gasteiger partial charge in [0.05, 0.1) is 0 Å². The third-order valence-corrected chi connectivity index (χ3v) is 2.67. The molecule has 3 heteroatoms. The van der Waals surface area contributed by atoms with Crippen molar-refractivity contribution in [3.8, 4) is 0 Å². The minimum absolute atomic E-state index is 0.212. The Labute approximate surface area is 71.7 Å². The molecule has 0 saturated heterocycles. The summed E-state index contributed by atoms with van der Waals surface area (Å²) < 4.78 is 0. The number of hydrogen-bond acceptors (Lipinski definition) is 2. The second-order valence-corrected chi connectivity index (χ2v) is 3.77. The summed E-state index contributed by atoms with van der Waals surface area (Å²) in [5, 5.41) is 8.12. The van der Waals surface area contributed by atoms with E-state index >= 15 is 0 Å². The van der Waals surface area contributed by atoms with Crippen molar-refractivity contribution < 1.29 is 0 Å². The van der Waals surface area contributed by atoms with Crippen molar-refractivity contribution in [1.82, 2.24) is 0 Å². The predicted molar refractivity (Wildman–Crippen MR) is 49.2 cm³/mol. The Hall–Kier alpha value is -0.882. The zero-order chi connectivity index (χ0) is 7.52. The standard InChI is InChI=1S/C8H7AsN2/c1-2-4-8(5-3-1)11-7-9-6-10-11/h1-7H. The first kappa shape index (κ1) is 6.81. The molecular weight excluding hydrogens is 199 g/mol. The molecule has 1 heterocycles. The third-order valence-electron chi connectivity index (χ3n) is 1.44. The molecule has 0 atom stereocenters. The summed E-state index contributed by atoms with van der Waals surface area (Å²) in [6.07, 6.45) is 0. The van der Waals surface area contributed by atoms with Gasteiger partial charge in [-0.3, -0.25) is 0 Å². The van der Waals surface area contributed by atoms with Gasteiger partial charge in [0.1, 0.15) is 0 Å². The van der Waals surface area contributed by atoms with Crippen LogP contribution in [0.15, 0.2) is 35.4 Å². The first-order valence-electron chi connectivity index (χ1n) is 3.37.